The summed E-state index contributed by atoms with van der Waals surface area (Å²) in [5.74, 6) is -0.252. The maximum absolute atomic E-state index is 11.7. The van der Waals surface area contributed by atoms with Crippen LogP contribution in [-0.4, -0.2) is 28.6 Å². The van der Waals surface area contributed by atoms with E-state index in [0.717, 1.165) is 68.4 Å². The quantitative estimate of drug-likeness (QED) is 0.341. The summed E-state index contributed by atoms with van der Waals surface area (Å²) in [5.41, 5.74) is 0. The highest BCUT2D eigenvalue weighted by atomic mass is 28.4. The number of carbonyl (C=O) groups is 2. The van der Waals surface area contributed by atoms with E-state index >= 15 is 0 Å². The summed E-state index contributed by atoms with van der Waals surface area (Å²) in [6.45, 7) is 11.8. The van der Waals surface area contributed by atoms with Crippen molar-refractivity contribution in [1.82, 2.24) is 0 Å². The van der Waals surface area contributed by atoms with Gasteiger partial charge < -0.3 is 8.85 Å². The smallest absolute Gasteiger partial charge is 0.289 e. The Morgan fingerprint density at radius 1 is 0.600 bits per heavy atom. The van der Waals surface area contributed by atoms with Gasteiger partial charge >= 0.3 is 0 Å². The maximum atomic E-state index is 11.7. The first kappa shape index (κ1) is 24.4. The Balaban J connectivity index is 5.12. The zero-order valence-electron chi connectivity index (χ0n) is 17.4. The van der Waals surface area contributed by atoms with Crippen molar-refractivity contribution in [3.8, 4) is 0 Å². The van der Waals surface area contributed by atoms with Gasteiger partial charge in [0, 0.05) is 13.8 Å². The van der Waals surface area contributed by atoms with Crippen LogP contribution in [0.2, 0.25) is 36.3 Å². The molecule has 0 saturated heterocycles. The normalized spacial score (nSPS) is 12.1. The van der Waals surface area contributed by atoms with Crippen molar-refractivity contribution in [3.63, 3.8) is 0 Å². The predicted molar refractivity (Wildman–Crippen MR) is 110 cm³/mol. The molecule has 6 heteroatoms. The largest absolute Gasteiger partial charge is 0.519 e. The van der Waals surface area contributed by atoms with E-state index in [0.29, 0.717) is 0 Å². The zero-order chi connectivity index (χ0) is 19.3. The molecule has 0 aromatic heterocycles. The molecule has 0 radical (unpaired) electrons. The van der Waals surface area contributed by atoms with Crippen molar-refractivity contribution < 1.29 is 18.4 Å². The van der Waals surface area contributed by atoms with Gasteiger partial charge in [-0.1, -0.05) is 59.8 Å². The van der Waals surface area contributed by atoms with Crippen molar-refractivity contribution in [3.05, 3.63) is 0 Å². The van der Waals surface area contributed by atoms with Gasteiger partial charge in [-0.25, -0.2) is 0 Å². The summed E-state index contributed by atoms with van der Waals surface area (Å²) >= 11 is 0. The molecule has 0 aliphatic rings. The summed E-state index contributed by atoms with van der Waals surface area (Å²) in [4.78, 5) is 23.3. The highest BCUT2D eigenvalue weighted by Gasteiger charge is 2.40. The number of hydrogen-bond donors (Lipinski definition) is 0. The third-order valence-electron chi connectivity index (χ3n) is 4.81. The first-order chi connectivity index (χ1) is 11.8. The Hall–Kier alpha value is -0.626. The van der Waals surface area contributed by atoms with E-state index in [9.17, 15) is 9.59 Å². The number of hydrogen-bond acceptors (Lipinski definition) is 4. The van der Waals surface area contributed by atoms with Crippen molar-refractivity contribution in [2.24, 2.45) is 0 Å². The maximum Gasteiger partial charge on any atom is 0.289 e. The molecule has 0 bridgehead atoms. The SMILES string of the molecule is CCC[Si](CCC)(CCC[Si](CCC)(CCC)OC(C)=O)OC(C)=O. The average Bonchev–Trinajstić information content (AvgIpc) is 2.46. The molecule has 0 amide bonds. The Kier molecular flexibility index (Phi) is 12.4. The Morgan fingerprint density at radius 2 is 0.880 bits per heavy atom. The van der Waals surface area contributed by atoms with Gasteiger partial charge in [-0.05, 0) is 36.3 Å². The number of carbonyl (C=O) groups excluding carboxylic acids is 2. The minimum Gasteiger partial charge on any atom is -0.519 e. The molecule has 0 aromatic rings. The Labute approximate surface area is 157 Å². The van der Waals surface area contributed by atoms with Gasteiger partial charge in [0.2, 0.25) is 0 Å². The minimum atomic E-state index is -2.01. The van der Waals surface area contributed by atoms with E-state index in [1.807, 2.05) is 0 Å². The third-order valence-corrected chi connectivity index (χ3v) is 14.4. The molecule has 148 valence electrons. The molecule has 0 rings (SSSR count). The summed E-state index contributed by atoms with van der Waals surface area (Å²) in [5, 5.41) is 0. The summed E-state index contributed by atoms with van der Waals surface area (Å²) in [6.07, 6.45) is 5.29. The molecule has 0 saturated carbocycles. The van der Waals surface area contributed by atoms with Gasteiger partial charge in [0.05, 0.1) is 0 Å². The lowest BCUT2D eigenvalue weighted by molar-refractivity contribution is -0.133. The highest BCUT2D eigenvalue weighted by Crippen LogP contribution is 2.33. The van der Waals surface area contributed by atoms with Gasteiger partial charge in [0.25, 0.3) is 28.6 Å². The van der Waals surface area contributed by atoms with Crippen LogP contribution in [-0.2, 0) is 18.4 Å². The topological polar surface area (TPSA) is 52.6 Å². The van der Waals surface area contributed by atoms with Crippen LogP contribution in [0.5, 0.6) is 0 Å². The van der Waals surface area contributed by atoms with Crippen molar-refractivity contribution >= 4 is 28.6 Å². The lowest BCUT2D eigenvalue weighted by Gasteiger charge is -2.33. The molecule has 25 heavy (non-hydrogen) atoms. The molecular weight excluding hydrogens is 348 g/mol. The lowest BCUT2D eigenvalue weighted by atomic mass is 10.5. The van der Waals surface area contributed by atoms with E-state index in [1.54, 1.807) is 13.8 Å². The summed E-state index contributed by atoms with van der Waals surface area (Å²) in [6, 6.07) is 6.21. The molecule has 0 aliphatic heterocycles. The summed E-state index contributed by atoms with van der Waals surface area (Å²) in [7, 11) is -4.02. The van der Waals surface area contributed by atoms with Gasteiger partial charge in [0.1, 0.15) is 0 Å². The van der Waals surface area contributed by atoms with Crippen LogP contribution in [0.25, 0.3) is 0 Å². The Morgan fingerprint density at radius 3 is 1.08 bits per heavy atom. The Bertz CT molecular complexity index is 351. The summed E-state index contributed by atoms with van der Waals surface area (Å²) < 4.78 is 11.9. The van der Waals surface area contributed by atoms with E-state index in [2.05, 4.69) is 27.7 Å². The second kappa shape index (κ2) is 12.7. The van der Waals surface area contributed by atoms with Crippen LogP contribution >= 0.6 is 0 Å². The van der Waals surface area contributed by atoms with Gasteiger partial charge in [-0.2, -0.15) is 0 Å². The molecular formula is C19H40O4Si2. The van der Waals surface area contributed by atoms with Crippen molar-refractivity contribution in [2.45, 2.75) is 110 Å². The second-order valence-corrected chi connectivity index (χ2v) is 15.5. The van der Waals surface area contributed by atoms with E-state index in [-0.39, 0.29) is 11.9 Å². The van der Waals surface area contributed by atoms with Crippen LogP contribution in [0, 0.1) is 0 Å². The van der Waals surface area contributed by atoms with E-state index < -0.39 is 16.6 Å². The fraction of sp³-hybridized carbons (Fsp3) is 0.895. The molecule has 0 aliphatic carbocycles. The standard InChI is InChI=1S/C19H40O4Si2/c1-7-12-24(13-8-2,22-18(5)20)16-11-17-25(14-9-3,15-10-4)23-19(6)21/h7-17H2,1-6H3. The monoisotopic (exact) mass is 388 g/mol. The first-order valence-corrected chi connectivity index (χ1v) is 15.2. The first-order valence-electron chi connectivity index (χ1n) is 10.2. The van der Waals surface area contributed by atoms with Crippen LogP contribution in [0.15, 0.2) is 0 Å². The molecule has 0 spiro atoms. The molecule has 0 heterocycles. The van der Waals surface area contributed by atoms with Crippen LogP contribution < -0.4 is 0 Å². The lowest BCUT2D eigenvalue weighted by Crippen LogP contribution is -2.42. The van der Waals surface area contributed by atoms with Crippen molar-refractivity contribution in [2.75, 3.05) is 0 Å². The molecule has 4 nitrogen and oxygen atoms in total. The highest BCUT2D eigenvalue weighted by molar-refractivity contribution is 6.76. The molecule has 0 fully saturated rings. The molecule has 0 N–H and O–H groups in total. The van der Waals surface area contributed by atoms with Crippen LogP contribution in [0.4, 0.5) is 0 Å². The second-order valence-electron chi connectivity index (χ2n) is 7.41. The third kappa shape index (κ3) is 9.59. The van der Waals surface area contributed by atoms with E-state index in [1.165, 1.54) is 0 Å². The molecule has 0 aromatic carbocycles. The number of rotatable bonds is 14. The predicted octanol–water partition coefficient (Wildman–Crippen LogP) is 6.03. The molecule has 0 atom stereocenters. The van der Waals surface area contributed by atoms with Crippen LogP contribution in [0.1, 0.15) is 73.6 Å². The molecule has 0 unspecified atom stereocenters. The fourth-order valence-corrected chi connectivity index (χ4v) is 13.2. The van der Waals surface area contributed by atoms with E-state index in [4.69, 9.17) is 8.85 Å². The zero-order valence-corrected chi connectivity index (χ0v) is 19.4. The van der Waals surface area contributed by atoms with Gasteiger partial charge in [0.15, 0.2) is 0 Å². The average molecular weight is 389 g/mol. The van der Waals surface area contributed by atoms with Crippen molar-refractivity contribution in [1.29, 1.82) is 0 Å². The van der Waals surface area contributed by atoms with Crippen LogP contribution in [0.3, 0.4) is 0 Å². The van der Waals surface area contributed by atoms with Gasteiger partial charge in [-0.3, -0.25) is 9.59 Å². The fourth-order valence-electron chi connectivity index (χ4n) is 4.22. The van der Waals surface area contributed by atoms with Gasteiger partial charge in [-0.15, -0.1) is 0 Å². The minimum absolute atomic E-state index is 0.126.